The Morgan fingerprint density at radius 2 is 2.06 bits per heavy atom. The van der Waals surface area contributed by atoms with Gasteiger partial charge < -0.3 is 4.52 Å². The van der Waals surface area contributed by atoms with Crippen LogP contribution in [0.15, 0.2) is 28.8 Å². The third-order valence-corrected chi connectivity index (χ3v) is 2.27. The van der Waals surface area contributed by atoms with Crippen molar-refractivity contribution >= 4 is 11.6 Å². The Labute approximate surface area is 97.5 Å². The van der Waals surface area contributed by atoms with Crippen LogP contribution in [-0.4, -0.2) is 10.1 Å². The van der Waals surface area contributed by atoms with Crippen LogP contribution in [0.25, 0.3) is 0 Å². The summed E-state index contributed by atoms with van der Waals surface area (Å²) in [7, 11) is 0. The highest BCUT2D eigenvalue weighted by atomic mass is 35.5. The summed E-state index contributed by atoms with van der Waals surface area (Å²) in [5.74, 6) is 0.930. The fourth-order valence-electron chi connectivity index (χ4n) is 1.28. The van der Waals surface area contributed by atoms with Gasteiger partial charge in [0, 0.05) is 5.02 Å². The van der Waals surface area contributed by atoms with E-state index in [1.54, 1.807) is 0 Å². The summed E-state index contributed by atoms with van der Waals surface area (Å²) in [6, 6.07) is 9.38. The number of benzene rings is 1. The molecule has 0 radical (unpaired) electrons. The van der Waals surface area contributed by atoms with Crippen molar-refractivity contribution in [2.75, 3.05) is 0 Å². The van der Waals surface area contributed by atoms with Crippen LogP contribution in [-0.2, 0) is 12.8 Å². The van der Waals surface area contributed by atoms with Crippen molar-refractivity contribution in [2.24, 2.45) is 0 Å². The van der Waals surface area contributed by atoms with E-state index in [1.807, 2.05) is 30.3 Å². The van der Waals surface area contributed by atoms with E-state index in [-0.39, 0.29) is 6.42 Å². The molecule has 0 aliphatic heterocycles. The van der Waals surface area contributed by atoms with Crippen LogP contribution in [0.4, 0.5) is 0 Å². The number of nitriles is 1. The predicted molar refractivity (Wildman–Crippen MR) is 57.9 cm³/mol. The van der Waals surface area contributed by atoms with Gasteiger partial charge in [0.2, 0.25) is 5.89 Å². The smallest absolute Gasteiger partial charge is 0.231 e. The van der Waals surface area contributed by atoms with Crippen molar-refractivity contribution < 1.29 is 4.52 Å². The molecule has 0 atom stereocenters. The zero-order valence-electron chi connectivity index (χ0n) is 8.35. The summed E-state index contributed by atoms with van der Waals surface area (Å²) < 4.78 is 5.01. The molecule has 0 N–H and O–H groups in total. The highest BCUT2D eigenvalue weighted by Crippen LogP contribution is 2.12. The lowest BCUT2D eigenvalue weighted by atomic mass is 10.1. The Balaban J connectivity index is 2.09. The predicted octanol–water partition coefficient (Wildman–Crippen LogP) is 2.38. The molecule has 0 spiro atoms. The Kier molecular flexibility index (Phi) is 3.18. The van der Waals surface area contributed by atoms with Gasteiger partial charge in [0.15, 0.2) is 5.82 Å². The zero-order chi connectivity index (χ0) is 11.4. The van der Waals surface area contributed by atoms with Gasteiger partial charge in [0.1, 0.15) is 0 Å². The second-order valence-electron chi connectivity index (χ2n) is 3.24. The normalized spacial score (nSPS) is 10.0. The summed E-state index contributed by atoms with van der Waals surface area (Å²) in [6.45, 7) is 0. The van der Waals surface area contributed by atoms with E-state index in [9.17, 15) is 0 Å². The topological polar surface area (TPSA) is 62.7 Å². The number of rotatable bonds is 3. The molecule has 0 saturated heterocycles. The lowest BCUT2D eigenvalue weighted by molar-refractivity contribution is 0.380. The second kappa shape index (κ2) is 4.77. The van der Waals surface area contributed by atoms with Crippen LogP contribution in [0.5, 0.6) is 0 Å². The summed E-state index contributed by atoms with van der Waals surface area (Å²) in [5.41, 5.74) is 1.04. The van der Waals surface area contributed by atoms with E-state index in [4.69, 9.17) is 21.4 Å². The lowest BCUT2D eigenvalue weighted by Crippen LogP contribution is -1.89. The molecule has 1 aromatic carbocycles. The molecule has 1 heterocycles. The van der Waals surface area contributed by atoms with Crippen LogP contribution < -0.4 is 0 Å². The maximum Gasteiger partial charge on any atom is 0.231 e. The molecule has 4 nitrogen and oxygen atoms in total. The molecule has 0 fully saturated rings. The van der Waals surface area contributed by atoms with Crippen LogP contribution in [0.3, 0.4) is 0 Å². The maximum absolute atomic E-state index is 8.46. The molecule has 0 saturated carbocycles. The third-order valence-electron chi connectivity index (χ3n) is 2.02. The van der Waals surface area contributed by atoms with Crippen molar-refractivity contribution in [3.63, 3.8) is 0 Å². The fraction of sp³-hybridized carbons (Fsp3) is 0.182. The van der Waals surface area contributed by atoms with Gasteiger partial charge in [0.05, 0.1) is 18.9 Å². The number of aromatic nitrogens is 2. The first kappa shape index (κ1) is 10.7. The average molecular weight is 234 g/mol. The van der Waals surface area contributed by atoms with Gasteiger partial charge in [-0.3, -0.25) is 0 Å². The van der Waals surface area contributed by atoms with E-state index >= 15 is 0 Å². The van der Waals surface area contributed by atoms with Gasteiger partial charge in [-0.25, -0.2) is 0 Å². The van der Waals surface area contributed by atoms with E-state index in [0.717, 1.165) is 5.56 Å². The molecule has 16 heavy (non-hydrogen) atoms. The zero-order valence-corrected chi connectivity index (χ0v) is 9.11. The van der Waals surface area contributed by atoms with Gasteiger partial charge in [-0.15, -0.1) is 0 Å². The Hall–Kier alpha value is -1.86. The minimum absolute atomic E-state index is 0.171. The van der Waals surface area contributed by atoms with Crippen LogP contribution in [0.1, 0.15) is 17.3 Å². The Morgan fingerprint density at radius 3 is 2.75 bits per heavy atom. The van der Waals surface area contributed by atoms with Crippen LogP contribution in [0, 0.1) is 11.3 Å². The molecular weight excluding hydrogens is 226 g/mol. The monoisotopic (exact) mass is 233 g/mol. The number of nitrogens with zero attached hydrogens (tertiary/aromatic N) is 3. The molecule has 0 unspecified atom stereocenters. The SMILES string of the molecule is N#CCc1noc(Cc2ccc(Cl)cc2)n1. The standard InChI is InChI=1S/C11H8ClN3O/c12-9-3-1-8(2-4-9)7-11-14-10(5-6-13)15-16-11/h1-4H,5,7H2. The van der Waals surface area contributed by atoms with Gasteiger partial charge in [-0.1, -0.05) is 28.9 Å². The van der Waals surface area contributed by atoms with Crippen molar-refractivity contribution in [3.8, 4) is 6.07 Å². The fourth-order valence-corrected chi connectivity index (χ4v) is 1.41. The summed E-state index contributed by atoms with van der Waals surface area (Å²) >= 11 is 5.77. The summed E-state index contributed by atoms with van der Waals surface area (Å²) in [5, 5.41) is 12.8. The number of hydrogen-bond donors (Lipinski definition) is 0. The van der Waals surface area contributed by atoms with E-state index in [1.165, 1.54) is 0 Å². The molecule has 0 aliphatic carbocycles. The highest BCUT2D eigenvalue weighted by molar-refractivity contribution is 6.30. The molecule has 5 heteroatoms. The molecular formula is C11H8ClN3O. The minimum Gasteiger partial charge on any atom is -0.339 e. The van der Waals surface area contributed by atoms with Crippen molar-refractivity contribution in [1.29, 1.82) is 5.26 Å². The Morgan fingerprint density at radius 1 is 1.31 bits per heavy atom. The van der Waals surface area contributed by atoms with Gasteiger partial charge in [-0.2, -0.15) is 10.2 Å². The van der Waals surface area contributed by atoms with Gasteiger partial charge >= 0.3 is 0 Å². The van der Waals surface area contributed by atoms with Gasteiger partial charge in [-0.05, 0) is 17.7 Å². The maximum atomic E-state index is 8.46. The minimum atomic E-state index is 0.171. The van der Waals surface area contributed by atoms with Crippen molar-refractivity contribution in [1.82, 2.24) is 10.1 Å². The van der Waals surface area contributed by atoms with E-state index < -0.39 is 0 Å². The van der Waals surface area contributed by atoms with Crippen LogP contribution >= 0.6 is 11.6 Å². The van der Waals surface area contributed by atoms with E-state index in [2.05, 4.69) is 10.1 Å². The summed E-state index contributed by atoms with van der Waals surface area (Å²) in [6.07, 6.45) is 0.722. The molecule has 0 aliphatic rings. The lowest BCUT2D eigenvalue weighted by Gasteiger charge is -1.95. The first-order valence-corrected chi connectivity index (χ1v) is 5.08. The first-order valence-electron chi connectivity index (χ1n) is 4.71. The average Bonchev–Trinajstić information content (AvgIpc) is 2.70. The largest absolute Gasteiger partial charge is 0.339 e. The molecule has 0 amide bonds. The van der Waals surface area contributed by atoms with Gasteiger partial charge in [0.25, 0.3) is 0 Å². The van der Waals surface area contributed by atoms with Crippen molar-refractivity contribution in [3.05, 3.63) is 46.6 Å². The molecule has 2 aromatic rings. The molecule has 80 valence electrons. The number of halogens is 1. The quantitative estimate of drug-likeness (QED) is 0.817. The van der Waals surface area contributed by atoms with Crippen molar-refractivity contribution in [2.45, 2.75) is 12.8 Å². The molecule has 1 aromatic heterocycles. The highest BCUT2D eigenvalue weighted by Gasteiger charge is 2.06. The third kappa shape index (κ3) is 2.59. The molecule has 0 bridgehead atoms. The summed E-state index contributed by atoms with van der Waals surface area (Å²) in [4.78, 5) is 4.08. The molecule has 2 rings (SSSR count). The number of hydrogen-bond acceptors (Lipinski definition) is 4. The van der Waals surface area contributed by atoms with Crippen LogP contribution in [0.2, 0.25) is 5.02 Å². The Bertz CT molecular complexity index is 513. The van der Waals surface area contributed by atoms with E-state index in [0.29, 0.717) is 23.2 Å². The first-order chi connectivity index (χ1) is 7.78. The second-order valence-corrected chi connectivity index (χ2v) is 3.68.